The lowest BCUT2D eigenvalue weighted by molar-refractivity contribution is -0.137. The summed E-state index contributed by atoms with van der Waals surface area (Å²) in [7, 11) is 1.34. The van der Waals surface area contributed by atoms with Gasteiger partial charge in [0.2, 0.25) is 11.8 Å². The van der Waals surface area contributed by atoms with E-state index in [-0.39, 0.29) is 23.7 Å². The number of amides is 2. The molecule has 0 aliphatic carbocycles. The minimum atomic E-state index is -0.399. The second-order valence-corrected chi connectivity index (χ2v) is 11.1. The molecule has 0 radical (unpaired) electrons. The molecule has 1 heterocycles. The average molecular weight is 502 g/mol. The van der Waals surface area contributed by atoms with Crippen molar-refractivity contribution in [3.63, 3.8) is 0 Å². The number of hydrogen-bond donors (Lipinski definition) is 0. The quantitative estimate of drug-likeness (QED) is 0.0863. The predicted octanol–water partition coefficient (Wildman–Crippen LogP) is 5.58. The number of unbranched alkanes of at least 4 members (excludes halogenated alkanes) is 8. The molecule has 0 spiro atoms. The maximum absolute atomic E-state index is 12.9. The fourth-order valence-electron chi connectivity index (χ4n) is 4.36. The molecule has 7 heteroatoms. The Morgan fingerprint density at radius 3 is 2.37 bits per heavy atom. The summed E-state index contributed by atoms with van der Waals surface area (Å²) in [5.74, 6) is -0.780. The molecule has 1 aliphatic heterocycles. The number of ether oxygens (including phenoxy) is 1. The van der Waals surface area contributed by atoms with E-state index in [0.29, 0.717) is 18.7 Å². The van der Waals surface area contributed by atoms with Crippen molar-refractivity contribution in [3.8, 4) is 0 Å². The smallest absolute Gasteiger partial charge is 0.330 e. The van der Waals surface area contributed by atoms with Crippen molar-refractivity contribution in [1.29, 1.82) is 0 Å². The summed E-state index contributed by atoms with van der Waals surface area (Å²) in [6.45, 7) is 2.64. The lowest BCUT2D eigenvalue weighted by Crippen LogP contribution is -2.30. The molecule has 1 fully saturated rings. The summed E-state index contributed by atoms with van der Waals surface area (Å²) in [6, 6.07) is 8.23. The van der Waals surface area contributed by atoms with Gasteiger partial charge in [-0.3, -0.25) is 14.5 Å². The van der Waals surface area contributed by atoms with E-state index in [0.717, 1.165) is 43.7 Å². The topological polar surface area (TPSA) is 72.9 Å². The highest BCUT2D eigenvalue weighted by molar-refractivity contribution is 6.26. The highest BCUT2D eigenvalue weighted by Gasteiger charge is 2.38. The van der Waals surface area contributed by atoms with Crippen LogP contribution in [-0.4, -0.2) is 41.3 Å². The number of anilines is 1. The second-order valence-electron chi connectivity index (χ2n) is 9.38. The summed E-state index contributed by atoms with van der Waals surface area (Å²) in [6.07, 6.45) is 15.8. The number of nitrogens with zero attached hydrogens (tertiary/aromatic N) is 1. The summed E-state index contributed by atoms with van der Waals surface area (Å²) in [4.78, 5) is 38.6. The maximum Gasteiger partial charge on any atom is 0.330 e. The third-order valence-electron chi connectivity index (χ3n) is 6.45. The highest BCUT2D eigenvalue weighted by Crippen LogP contribution is 2.30. The van der Waals surface area contributed by atoms with Crippen LogP contribution in [-0.2, 0) is 23.5 Å². The van der Waals surface area contributed by atoms with Crippen molar-refractivity contribution >= 4 is 39.3 Å². The Morgan fingerprint density at radius 1 is 1.00 bits per heavy atom. The number of carbonyl (C=O) groups is 3. The van der Waals surface area contributed by atoms with Crippen LogP contribution < -0.4 is 4.90 Å². The van der Waals surface area contributed by atoms with Crippen LogP contribution >= 0.6 is 0 Å². The zero-order chi connectivity index (χ0) is 25.3. The standard InChI is InChI=1S/C28H43NO5Si/c1-3-4-5-6-7-8-9-10-13-24-22-26(30)29(28(24)32)25-17-14-23(15-18-25)16-19-27(31)34-20-11-12-21-35-33-2/h14-19,24H,3-13,20-22,35H2,1-2H3. The van der Waals surface area contributed by atoms with Crippen LogP contribution in [0.15, 0.2) is 30.3 Å². The molecule has 0 aromatic heterocycles. The Labute approximate surface area is 213 Å². The molecule has 1 aromatic rings. The molecule has 0 saturated carbocycles. The van der Waals surface area contributed by atoms with Gasteiger partial charge in [0, 0.05) is 25.5 Å². The van der Waals surface area contributed by atoms with Crippen molar-refractivity contribution in [2.75, 3.05) is 18.6 Å². The van der Waals surface area contributed by atoms with Gasteiger partial charge in [-0.1, -0.05) is 76.8 Å². The van der Waals surface area contributed by atoms with Crippen LogP contribution in [0.3, 0.4) is 0 Å². The van der Waals surface area contributed by atoms with E-state index in [4.69, 9.17) is 9.16 Å². The molecule has 1 unspecified atom stereocenters. The fourth-order valence-corrected chi connectivity index (χ4v) is 5.21. The summed E-state index contributed by atoms with van der Waals surface area (Å²) >= 11 is 0. The van der Waals surface area contributed by atoms with Gasteiger partial charge >= 0.3 is 5.97 Å². The van der Waals surface area contributed by atoms with E-state index in [9.17, 15) is 14.4 Å². The van der Waals surface area contributed by atoms with Gasteiger partial charge in [0.25, 0.3) is 0 Å². The molecule has 1 aliphatic rings. The van der Waals surface area contributed by atoms with Crippen LogP contribution in [0.2, 0.25) is 6.04 Å². The lowest BCUT2D eigenvalue weighted by Gasteiger charge is -2.15. The minimum Gasteiger partial charge on any atom is -0.463 e. The molecule has 35 heavy (non-hydrogen) atoms. The van der Waals surface area contributed by atoms with E-state index in [1.165, 1.54) is 49.5 Å². The van der Waals surface area contributed by atoms with Crippen LogP contribution in [0.4, 0.5) is 5.69 Å². The van der Waals surface area contributed by atoms with Crippen molar-refractivity contribution < 1.29 is 23.5 Å². The number of hydrogen-bond acceptors (Lipinski definition) is 5. The molecule has 1 aromatic carbocycles. The summed E-state index contributed by atoms with van der Waals surface area (Å²) in [5.41, 5.74) is 1.41. The van der Waals surface area contributed by atoms with Crippen LogP contribution in [0, 0.1) is 5.92 Å². The SMILES string of the molecule is CCCCCCCCCCC1CC(=O)N(c2ccc(C=CC(=O)OCCCC[SiH2]OC)cc2)C1=O. The van der Waals surface area contributed by atoms with Crippen molar-refractivity contribution in [1.82, 2.24) is 0 Å². The fraction of sp³-hybridized carbons (Fsp3) is 0.607. The van der Waals surface area contributed by atoms with E-state index in [2.05, 4.69) is 6.92 Å². The molecule has 194 valence electrons. The van der Waals surface area contributed by atoms with E-state index in [1.807, 2.05) is 0 Å². The van der Waals surface area contributed by atoms with E-state index in [1.54, 1.807) is 37.5 Å². The second kappa shape index (κ2) is 17.2. The van der Waals surface area contributed by atoms with Gasteiger partial charge in [-0.2, -0.15) is 0 Å². The number of rotatable bonds is 18. The molecule has 6 nitrogen and oxygen atoms in total. The molecule has 0 bridgehead atoms. The number of imide groups is 1. The van der Waals surface area contributed by atoms with Gasteiger partial charge < -0.3 is 9.16 Å². The van der Waals surface area contributed by atoms with Crippen molar-refractivity contribution in [2.45, 2.75) is 90.0 Å². The van der Waals surface area contributed by atoms with E-state index < -0.39 is 9.76 Å². The predicted molar refractivity (Wildman–Crippen MR) is 144 cm³/mol. The van der Waals surface area contributed by atoms with Crippen LogP contribution in [0.1, 0.15) is 89.5 Å². The third-order valence-corrected chi connectivity index (χ3v) is 7.64. The third kappa shape index (κ3) is 10.9. The van der Waals surface area contributed by atoms with Gasteiger partial charge in [0.15, 0.2) is 9.76 Å². The van der Waals surface area contributed by atoms with Gasteiger partial charge in [0.05, 0.1) is 12.3 Å². The molecule has 2 rings (SSSR count). The van der Waals surface area contributed by atoms with Crippen molar-refractivity contribution in [3.05, 3.63) is 35.9 Å². The zero-order valence-electron chi connectivity index (χ0n) is 21.6. The molecule has 1 saturated heterocycles. The maximum atomic E-state index is 12.9. The molecule has 2 amide bonds. The number of esters is 1. The molecule has 1 atom stereocenters. The first kappa shape index (κ1) is 29.0. The van der Waals surface area contributed by atoms with Gasteiger partial charge in [0.1, 0.15) is 0 Å². The summed E-state index contributed by atoms with van der Waals surface area (Å²) in [5, 5.41) is 0. The van der Waals surface area contributed by atoms with E-state index >= 15 is 0 Å². The highest BCUT2D eigenvalue weighted by atomic mass is 28.2. The monoisotopic (exact) mass is 501 g/mol. The van der Waals surface area contributed by atoms with Crippen LogP contribution in [0.5, 0.6) is 0 Å². The number of benzene rings is 1. The average Bonchev–Trinajstić information content (AvgIpc) is 3.14. The molecular weight excluding hydrogens is 458 g/mol. The van der Waals surface area contributed by atoms with Crippen LogP contribution in [0.25, 0.3) is 6.08 Å². The number of carbonyl (C=O) groups excluding carboxylic acids is 3. The Bertz CT molecular complexity index is 808. The summed E-state index contributed by atoms with van der Waals surface area (Å²) < 4.78 is 10.3. The molecular formula is C28H43NO5Si. The minimum absolute atomic E-state index is 0.0852. The van der Waals surface area contributed by atoms with Crippen molar-refractivity contribution in [2.24, 2.45) is 5.92 Å². The first-order valence-electron chi connectivity index (χ1n) is 13.4. The normalized spacial score (nSPS) is 16.3. The van der Waals surface area contributed by atoms with Gasteiger partial charge in [-0.15, -0.1) is 0 Å². The molecule has 0 N–H and O–H groups in total. The zero-order valence-corrected chi connectivity index (χ0v) is 23.1. The van der Waals surface area contributed by atoms with Gasteiger partial charge in [-0.05, 0) is 42.7 Å². The Balaban J connectivity index is 1.73. The Morgan fingerprint density at radius 2 is 1.69 bits per heavy atom. The lowest BCUT2D eigenvalue weighted by atomic mass is 9.98. The van der Waals surface area contributed by atoms with Gasteiger partial charge in [-0.25, -0.2) is 4.79 Å². The largest absolute Gasteiger partial charge is 0.463 e. The Kier molecular flexibility index (Phi) is 14.3. The first-order valence-corrected chi connectivity index (χ1v) is 14.9. The Hall–Kier alpha value is -2.25. The first-order chi connectivity index (χ1) is 17.1.